The second-order valence-corrected chi connectivity index (χ2v) is 13.7. The average molecular weight is 751 g/mol. The maximum atomic E-state index is 13.8. The summed E-state index contributed by atoms with van der Waals surface area (Å²) < 4.78 is 29.3. The molecule has 0 radical (unpaired) electrons. The third-order valence-electron chi connectivity index (χ3n) is 9.70. The summed E-state index contributed by atoms with van der Waals surface area (Å²) in [6.07, 6.45) is 3.46. The highest BCUT2D eigenvalue weighted by Crippen LogP contribution is 2.36. The number of ether oxygens (including phenoxy) is 5. The Morgan fingerprint density at radius 3 is 2.29 bits per heavy atom. The molecule has 4 heterocycles. The van der Waals surface area contributed by atoms with Crippen LogP contribution in [-0.2, 0) is 27.2 Å². The molecule has 1 N–H and O–H groups in total. The van der Waals surface area contributed by atoms with Gasteiger partial charge in [-0.05, 0) is 73.3 Å². The van der Waals surface area contributed by atoms with Crippen LogP contribution in [0.1, 0.15) is 57.6 Å². The Balaban J connectivity index is 1.22. The average Bonchev–Trinajstić information content (AvgIpc) is 3.16. The molecule has 1 unspecified atom stereocenters. The zero-order valence-electron chi connectivity index (χ0n) is 29.2. The minimum Gasteiger partial charge on any atom is -0.619 e. The molecule has 3 atom stereocenters. The van der Waals surface area contributed by atoms with Crippen molar-refractivity contribution in [1.82, 2.24) is 10.2 Å². The molecule has 11 nitrogen and oxygen atoms in total. The lowest BCUT2D eigenvalue weighted by Gasteiger charge is -2.44. The van der Waals surface area contributed by atoms with Gasteiger partial charge in [0.05, 0.1) is 26.9 Å². The van der Waals surface area contributed by atoms with E-state index in [0.717, 1.165) is 38.0 Å². The summed E-state index contributed by atoms with van der Waals surface area (Å²) in [5, 5.41) is 15.6. The number of nitrogens with one attached hydrogen (secondary N) is 1. The highest BCUT2D eigenvalue weighted by Gasteiger charge is 2.38. The summed E-state index contributed by atoms with van der Waals surface area (Å²) in [7, 11) is 4.60. The first-order valence-corrected chi connectivity index (χ1v) is 17.8. The fourth-order valence-electron chi connectivity index (χ4n) is 6.90. The van der Waals surface area contributed by atoms with Gasteiger partial charge in [-0.3, -0.25) is 10.2 Å². The van der Waals surface area contributed by atoms with Crippen LogP contribution in [0.2, 0.25) is 10.0 Å². The molecule has 13 heteroatoms. The second-order valence-electron chi connectivity index (χ2n) is 12.9. The van der Waals surface area contributed by atoms with E-state index in [4.69, 9.17) is 46.9 Å². The first-order valence-electron chi connectivity index (χ1n) is 17.0. The number of carbonyl (C=O) groups excluding carboxylic acids is 2. The normalized spacial score (nSPS) is 19.0. The van der Waals surface area contributed by atoms with Crippen molar-refractivity contribution in [2.24, 2.45) is 5.92 Å². The van der Waals surface area contributed by atoms with E-state index in [1.807, 2.05) is 30.3 Å². The van der Waals surface area contributed by atoms with Gasteiger partial charge in [0.15, 0.2) is 23.9 Å². The Morgan fingerprint density at radius 1 is 0.904 bits per heavy atom. The molecule has 3 saturated heterocycles. The molecule has 3 aliphatic heterocycles. The van der Waals surface area contributed by atoms with Gasteiger partial charge < -0.3 is 28.9 Å². The van der Waals surface area contributed by atoms with Gasteiger partial charge in [-0.15, -0.1) is 0 Å². The van der Waals surface area contributed by atoms with Gasteiger partial charge in [0.1, 0.15) is 34.0 Å². The maximum Gasteiger partial charge on any atom is 0.338 e. The molecule has 0 amide bonds. The van der Waals surface area contributed by atoms with Gasteiger partial charge in [0.2, 0.25) is 0 Å². The van der Waals surface area contributed by atoms with Gasteiger partial charge in [-0.1, -0.05) is 59.6 Å². The SMILES string of the molecule is COc1ccc([C@H](Cc2c(Cl)c[n+]([O-])cc2Cl)OC(=O)c2cccc(CNC(C(=O)O[C@H]3CN4CCC3CC4)c3ccccc3OC)c2)cc1OC. The van der Waals surface area contributed by atoms with Crippen molar-refractivity contribution in [2.75, 3.05) is 41.0 Å². The summed E-state index contributed by atoms with van der Waals surface area (Å²) in [5.41, 5.74) is 2.72. The van der Waals surface area contributed by atoms with Crippen LogP contribution in [0, 0.1) is 11.1 Å². The van der Waals surface area contributed by atoms with Crippen LogP contribution in [0.3, 0.4) is 0 Å². The van der Waals surface area contributed by atoms with Crippen molar-refractivity contribution in [1.29, 1.82) is 0 Å². The number of methoxy groups -OCH3 is 3. The van der Waals surface area contributed by atoms with Gasteiger partial charge in [0, 0.05) is 30.6 Å². The topological polar surface area (TPSA) is 122 Å². The van der Waals surface area contributed by atoms with E-state index >= 15 is 0 Å². The number of rotatable bonds is 14. The fraction of sp³-hybridized carbons (Fsp3) is 0.359. The van der Waals surface area contributed by atoms with Crippen LogP contribution in [0.15, 0.2) is 79.1 Å². The van der Waals surface area contributed by atoms with Crippen LogP contribution in [0.4, 0.5) is 0 Å². The summed E-state index contributed by atoms with van der Waals surface area (Å²) in [5.74, 6) is 0.874. The van der Waals surface area contributed by atoms with E-state index in [1.54, 1.807) is 43.5 Å². The minimum absolute atomic E-state index is 0.0727. The van der Waals surface area contributed by atoms with Gasteiger partial charge in [-0.25, -0.2) is 9.59 Å². The number of para-hydroxylation sites is 1. The van der Waals surface area contributed by atoms with Gasteiger partial charge >= 0.3 is 11.9 Å². The molecular formula is C39H41Cl2N3O8. The predicted molar refractivity (Wildman–Crippen MR) is 195 cm³/mol. The Morgan fingerprint density at radius 2 is 1.62 bits per heavy atom. The number of piperidine rings is 3. The van der Waals surface area contributed by atoms with Crippen molar-refractivity contribution >= 4 is 35.1 Å². The van der Waals surface area contributed by atoms with E-state index in [2.05, 4.69) is 10.2 Å². The Kier molecular flexibility index (Phi) is 12.1. The van der Waals surface area contributed by atoms with E-state index in [9.17, 15) is 14.8 Å². The van der Waals surface area contributed by atoms with Crippen LogP contribution in [0.5, 0.6) is 17.2 Å². The number of benzene rings is 3. The summed E-state index contributed by atoms with van der Waals surface area (Å²) in [6, 6.07) is 18.7. The first kappa shape index (κ1) is 37.2. The molecule has 2 bridgehead atoms. The first-order chi connectivity index (χ1) is 25.2. The Hall–Kier alpha value is -4.55. The number of pyridine rings is 1. The Labute approximate surface area is 312 Å². The molecule has 0 saturated carbocycles. The third kappa shape index (κ3) is 8.56. The molecule has 274 valence electrons. The zero-order chi connectivity index (χ0) is 36.8. The number of halogens is 2. The minimum atomic E-state index is -0.873. The molecular weight excluding hydrogens is 709 g/mol. The lowest BCUT2D eigenvalue weighted by molar-refractivity contribution is -0.605. The van der Waals surface area contributed by atoms with E-state index < -0.39 is 18.1 Å². The standard InChI is InChI=1S/C39H41Cl2N3O8/c1-48-32-10-5-4-9-28(32)37(39(46)52-36-23-43-15-13-25(36)14-16-43)42-20-24-7-6-8-27(17-24)38(45)51-34(19-29-30(40)21-44(47)22-31(29)41)26-11-12-33(49-2)35(18-26)50-3/h4-12,17-18,21-22,25,34,36-37,42H,13-16,19-20,23H2,1-3H3/t34-,36-,37?/m0/s1. The van der Waals surface area contributed by atoms with Crippen LogP contribution in [-0.4, -0.2) is 63.9 Å². The number of hydrogen-bond acceptors (Lipinski definition) is 10. The molecule has 7 rings (SSSR count). The monoisotopic (exact) mass is 749 g/mol. The van der Waals surface area contributed by atoms with Crippen LogP contribution in [0.25, 0.3) is 0 Å². The van der Waals surface area contributed by atoms with Crippen molar-refractivity contribution in [3.63, 3.8) is 0 Å². The van der Waals surface area contributed by atoms with Crippen molar-refractivity contribution in [3.8, 4) is 17.2 Å². The molecule has 0 aliphatic carbocycles. The van der Waals surface area contributed by atoms with Crippen molar-refractivity contribution < 1.29 is 38.0 Å². The second kappa shape index (κ2) is 16.9. The van der Waals surface area contributed by atoms with Gasteiger partial charge in [0.25, 0.3) is 0 Å². The summed E-state index contributed by atoms with van der Waals surface area (Å²) in [4.78, 5) is 30.0. The smallest absolute Gasteiger partial charge is 0.338 e. The number of hydrogen-bond donors (Lipinski definition) is 1. The fourth-order valence-corrected chi connectivity index (χ4v) is 7.50. The largest absolute Gasteiger partial charge is 0.619 e. The summed E-state index contributed by atoms with van der Waals surface area (Å²) >= 11 is 12.8. The number of esters is 2. The molecule has 3 fully saturated rings. The van der Waals surface area contributed by atoms with E-state index in [-0.39, 0.29) is 40.6 Å². The number of nitrogens with zero attached hydrogens (tertiary/aromatic N) is 2. The molecule has 52 heavy (non-hydrogen) atoms. The molecule has 3 aliphatic rings. The van der Waals surface area contributed by atoms with E-state index in [1.165, 1.54) is 26.6 Å². The lowest BCUT2D eigenvalue weighted by Crippen LogP contribution is -2.52. The highest BCUT2D eigenvalue weighted by molar-refractivity contribution is 6.35. The zero-order valence-corrected chi connectivity index (χ0v) is 30.7. The Bertz CT molecular complexity index is 1880. The predicted octanol–water partition coefficient (Wildman–Crippen LogP) is 6.26. The summed E-state index contributed by atoms with van der Waals surface area (Å²) in [6.45, 7) is 3.05. The number of carbonyl (C=O) groups is 2. The quantitative estimate of drug-likeness (QED) is 0.0898. The number of aromatic nitrogens is 1. The van der Waals surface area contributed by atoms with Crippen molar-refractivity contribution in [3.05, 3.63) is 122 Å². The maximum absolute atomic E-state index is 13.8. The lowest BCUT2D eigenvalue weighted by atomic mass is 9.86. The van der Waals surface area contributed by atoms with Crippen LogP contribution < -0.4 is 24.3 Å². The molecule has 1 aromatic heterocycles. The van der Waals surface area contributed by atoms with E-state index in [0.29, 0.717) is 44.6 Å². The molecule has 0 spiro atoms. The highest BCUT2D eigenvalue weighted by atomic mass is 35.5. The molecule has 3 aromatic carbocycles. The van der Waals surface area contributed by atoms with Crippen molar-refractivity contribution in [2.45, 2.75) is 44.1 Å². The number of fused-ring (bicyclic) bond motifs is 3. The third-order valence-corrected chi connectivity index (χ3v) is 10.3. The van der Waals surface area contributed by atoms with Gasteiger partial charge in [-0.2, -0.15) is 4.73 Å². The van der Waals surface area contributed by atoms with Crippen LogP contribution >= 0.6 is 23.2 Å². The molecule has 4 aromatic rings.